The van der Waals surface area contributed by atoms with E-state index < -0.39 is 52.7 Å². The predicted molar refractivity (Wildman–Crippen MR) is 51.8 cm³/mol. The Kier molecular flexibility index (Phi) is 4.65. The quantitative estimate of drug-likeness (QED) is 0.521. The normalized spacial score (nSPS) is 14.6. The molecule has 0 aliphatic carbocycles. The van der Waals surface area contributed by atoms with Crippen LogP contribution in [-0.2, 0) is 9.53 Å². The lowest BCUT2D eigenvalue weighted by molar-refractivity contribution is -0.305. The SMILES string of the molecule is CO[C@@](F)(C(=O)Nc1c(F)c(F)c(F)c(F)c1F)C(F)(F)F. The molecule has 0 bridgehead atoms. The molecule has 0 aliphatic heterocycles. The van der Waals surface area contributed by atoms with Crippen molar-refractivity contribution in [3.8, 4) is 0 Å². The van der Waals surface area contributed by atoms with Crippen LogP contribution >= 0.6 is 0 Å². The van der Waals surface area contributed by atoms with Gasteiger partial charge in [-0.2, -0.15) is 17.6 Å². The zero-order valence-corrected chi connectivity index (χ0v) is 10.2. The number of alkyl halides is 4. The van der Waals surface area contributed by atoms with E-state index in [2.05, 4.69) is 4.74 Å². The van der Waals surface area contributed by atoms with E-state index in [9.17, 15) is 44.3 Å². The molecule has 22 heavy (non-hydrogen) atoms. The summed E-state index contributed by atoms with van der Waals surface area (Å²) in [4.78, 5) is 11.1. The molecule has 12 heteroatoms. The van der Waals surface area contributed by atoms with Crippen molar-refractivity contribution >= 4 is 11.6 Å². The molecule has 0 unspecified atom stereocenters. The molecule has 0 spiro atoms. The minimum absolute atomic E-state index is 0.103. The maximum Gasteiger partial charge on any atom is 0.458 e. The number of methoxy groups -OCH3 is 1. The maximum absolute atomic E-state index is 13.4. The van der Waals surface area contributed by atoms with Crippen LogP contribution in [0, 0.1) is 29.1 Å². The molecule has 1 rings (SSSR count). The molecule has 1 N–H and O–H groups in total. The van der Waals surface area contributed by atoms with Crippen molar-refractivity contribution < 1.29 is 49.0 Å². The molecule has 0 aromatic heterocycles. The number of carbonyl (C=O) groups is 1. The van der Waals surface area contributed by atoms with Gasteiger partial charge in [0.2, 0.25) is 5.82 Å². The van der Waals surface area contributed by atoms with E-state index in [1.54, 1.807) is 0 Å². The molecule has 1 aromatic rings. The second-order valence-corrected chi connectivity index (χ2v) is 3.70. The van der Waals surface area contributed by atoms with E-state index in [1.165, 1.54) is 0 Å². The van der Waals surface area contributed by atoms with E-state index in [4.69, 9.17) is 0 Å². The van der Waals surface area contributed by atoms with E-state index in [1.807, 2.05) is 0 Å². The molecule has 124 valence electrons. The highest BCUT2D eigenvalue weighted by Crippen LogP contribution is 2.36. The smallest absolute Gasteiger partial charge is 0.335 e. The van der Waals surface area contributed by atoms with Gasteiger partial charge in [0.15, 0.2) is 23.3 Å². The maximum atomic E-state index is 13.4. The second-order valence-electron chi connectivity index (χ2n) is 3.70. The summed E-state index contributed by atoms with van der Waals surface area (Å²) >= 11 is 0. The van der Waals surface area contributed by atoms with Crippen molar-refractivity contribution in [1.29, 1.82) is 0 Å². The predicted octanol–water partition coefficient (Wildman–Crippen LogP) is 3.20. The zero-order chi connectivity index (χ0) is 17.5. The molecular formula is C10H4F9NO2. The van der Waals surface area contributed by atoms with E-state index >= 15 is 0 Å². The molecule has 0 aliphatic rings. The van der Waals surface area contributed by atoms with Crippen molar-refractivity contribution in [3.63, 3.8) is 0 Å². The first-order valence-electron chi connectivity index (χ1n) is 5.02. The molecule has 0 heterocycles. The molecule has 0 fully saturated rings. The van der Waals surface area contributed by atoms with Crippen LogP contribution in [-0.4, -0.2) is 25.0 Å². The Balaban J connectivity index is 3.35. The lowest BCUT2D eigenvalue weighted by atomic mass is 10.2. The van der Waals surface area contributed by atoms with E-state index in [0.29, 0.717) is 5.32 Å². The number of hydrogen-bond donors (Lipinski definition) is 1. The Morgan fingerprint density at radius 1 is 0.864 bits per heavy atom. The molecule has 0 radical (unpaired) electrons. The van der Waals surface area contributed by atoms with Crippen LogP contribution < -0.4 is 5.32 Å². The van der Waals surface area contributed by atoms with Crippen LogP contribution in [0.1, 0.15) is 0 Å². The second kappa shape index (κ2) is 5.66. The fourth-order valence-electron chi connectivity index (χ4n) is 1.25. The Morgan fingerprint density at radius 3 is 1.55 bits per heavy atom. The van der Waals surface area contributed by atoms with Gasteiger partial charge in [-0.3, -0.25) is 4.79 Å². The van der Waals surface area contributed by atoms with E-state index in [0.717, 1.165) is 0 Å². The fourth-order valence-corrected chi connectivity index (χ4v) is 1.25. The molecule has 0 saturated carbocycles. The van der Waals surface area contributed by atoms with Gasteiger partial charge in [-0.15, -0.1) is 0 Å². The van der Waals surface area contributed by atoms with Crippen LogP contribution in [0.15, 0.2) is 0 Å². The number of nitrogens with one attached hydrogen (secondary N) is 1. The van der Waals surface area contributed by atoms with Gasteiger partial charge in [-0.25, -0.2) is 22.0 Å². The Bertz CT molecular complexity index is 586. The standard InChI is InChI=1S/C10H4F9NO2/c1-22-9(16,10(17,18)19)8(21)20-7-5(14)3(12)2(11)4(13)6(7)15/h1H3,(H,20,21)/t9-/m0/s1. The third kappa shape index (κ3) is 2.69. The average molecular weight is 341 g/mol. The van der Waals surface area contributed by atoms with Gasteiger partial charge in [-0.05, 0) is 0 Å². The summed E-state index contributed by atoms with van der Waals surface area (Å²) in [6.45, 7) is 0. The van der Waals surface area contributed by atoms with Crippen LogP contribution in [0.5, 0.6) is 0 Å². The number of halogens is 9. The first-order chi connectivity index (χ1) is 9.88. The summed E-state index contributed by atoms with van der Waals surface area (Å²) in [5, 5.41) is 0.630. The monoisotopic (exact) mass is 341 g/mol. The number of hydrogen-bond acceptors (Lipinski definition) is 2. The zero-order valence-electron chi connectivity index (χ0n) is 10.2. The number of amides is 1. The first kappa shape index (κ1) is 18.1. The Hall–Kier alpha value is -1.98. The van der Waals surface area contributed by atoms with Gasteiger partial charge in [0.1, 0.15) is 5.69 Å². The number of anilines is 1. The summed E-state index contributed by atoms with van der Waals surface area (Å²) in [7, 11) is 0.103. The van der Waals surface area contributed by atoms with Gasteiger partial charge < -0.3 is 10.1 Å². The minimum Gasteiger partial charge on any atom is -0.335 e. The Morgan fingerprint density at radius 2 is 1.23 bits per heavy atom. The van der Waals surface area contributed by atoms with Crippen molar-refractivity contribution in [2.24, 2.45) is 0 Å². The van der Waals surface area contributed by atoms with Gasteiger partial charge in [-0.1, -0.05) is 0 Å². The van der Waals surface area contributed by atoms with Crippen LogP contribution in [0.2, 0.25) is 0 Å². The first-order valence-corrected chi connectivity index (χ1v) is 5.02. The summed E-state index contributed by atoms with van der Waals surface area (Å²) in [6, 6.07) is 0. The van der Waals surface area contributed by atoms with Gasteiger partial charge >= 0.3 is 12.0 Å². The highest BCUT2D eigenvalue weighted by Gasteiger charge is 2.63. The topological polar surface area (TPSA) is 38.3 Å². The third-order valence-electron chi connectivity index (χ3n) is 2.39. The van der Waals surface area contributed by atoms with Crippen molar-refractivity contribution in [1.82, 2.24) is 0 Å². The minimum atomic E-state index is -5.98. The van der Waals surface area contributed by atoms with Crippen LogP contribution in [0.4, 0.5) is 45.2 Å². The largest absolute Gasteiger partial charge is 0.458 e. The van der Waals surface area contributed by atoms with Crippen molar-refractivity contribution in [3.05, 3.63) is 29.1 Å². The summed E-state index contributed by atoms with van der Waals surface area (Å²) < 4.78 is 118. The molecule has 1 aromatic carbocycles. The fraction of sp³-hybridized carbons (Fsp3) is 0.300. The lowest BCUT2D eigenvalue weighted by Crippen LogP contribution is -2.52. The number of benzene rings is 1. The van der Waals surface area contributed by atoms with Gasteiger partial charge in [0.25, 0.3) is 5.91 Å². The summed E-state index contributed by atoms with van der Waals surface area (Å²) in [6.07, 6.45) is -5.98. The highest BCUT2D eigenvalue weighted by atomic mass is 19.4. The summed E-state index contributed by atoms with van der Waals surface area (Å²) in [5.41, 5.74) is -2.15. The average Bonchev–Trinajstić information content (AvgIpc) is 2.45. The molecular weight excluding hydrogens is 337 g/mol. The van der Waals surface area contributed by atoms with Crippen molar-refractivity contribution in [2.45, 2.75) is 12.0 Å². The highest BCUT2D eigenvalue weighted by molar-refractivity contribution is 5.97. The number of ether oxygens (including phenoxy) is 1. The van der Waals surface area contributed by atoms with Crippen LogP contribution in [0.25, 0.3) is 0 Å². The van der Waals surface area contributed by atoms with Crippen LogP contribution in [0.3, 0.4) is 0 Å². The number of carbonyl (C=O) groups excluding carboxylic acids is 1. The van der Waals surface area contributed by atoms with E-state index in [-0.39, 0.29) is 7.11 Å². The number of rotatable bonds is 3. The molecule has 3 nitrogen and oxygen atoms in total. The molecule has 1 amide bonds. The molecule has 1 atom stereocenters. The molecule has 0 saturated heterocycles. The lowest BCUT2D eigenvalue weighted by Gasteiger charge is -2.25. The Labute approximate surface area is 115 Å². The summed E-state index contributed by atoms with van der Waals surface area (Å²) in [5.74, 6) is -20.9. The van der Waals surface area contributed by atoms with Crippen molar-refractivity contribution in [2.75, 3.05) is 12.4 Å². The van der Waals surface area contributed by atoms with Gasteiger partial charge in [0, 0.05) is 7.11 Å². The third-order valence-corrected chi connectivity index (χ3v) is 2.39. The van der Waals surface area contributed by atoms with Gasteiger partial charge in [0.05, 0.1) is 0 Å².